The molecule has 1 nitrogen and oxygen atoms in total. The number of nitrogens with zero attached hydrogens (tertiary/aromatic N) is 1. The summed E-state index contributed by atoms with van der Waals surface area (Å²) in [4.78, 5) is 2.47. The lowest BCUT2D eigenvalue weighted by molar-refractivity contribution is 0.190. The summed E-state index contributed by atoms with van der Waals surface area (Å²) in [6, 6.07) is 0. The fourth-order valence-electron chi connectivity index (χ4n) is 2.13. The second kappa shape index (κ2) is 7.37. The molecule has 0 aromatic heterocycles. The molecule has 13 heavy (non-hydrogen) atoms. The van der Waals surface area contributed by atoms with E-state index < -0.39 is 0 Å². The number of likely N-dealkylation sites (tertiary alicyclic amines) is 1. The molecule has 80 valence electrons. The van der Waals surface area contributed by atoms with E-state index in [0.29, 0.717) is 0 Å². The Balaban J connectivity index is 0.000000671. The van der Waals surface area contributed by atoms with Crippen LogP contribution in [0.15, 0.2) is 0 Å². The summed E-state index contributed by atoms with van der Waals surface area (Å²) >= 11 is 0. The molecule has 0 aliphatic carbocycles. The van der Waals surface area contributed by atoms with Crippen LogP contribution in [0.2, 0.25) is 0 Å². The zero-order valence-corrected chi connectivity index (χ0v) is 10.1. The Hall–Kier alpha value is -0.0400. The summed E-state index contributed by atoms with van der Waals surface area (Å²) < 4.78 is 0. The Kier molecular flexibility index (Phi) is 7.35. The van der Waals surface area contributed by atoms with Gasteiger partial charge in [0.05, 0.1) is 0 Å². The van der Waals surface area contributed by atoms with E-state index in [1.54, 1.807) is 0 Å². The van der Waals surface area contributed by atoms with Gasteiger partial charge in [0.2, 0.25) is 0 Å². The second-order valence-corrected chi connectivity index (χ2v) is 4.40. The van der Waals surface area contributed by atoms with Gasteiger partial charge in [0.1, 0.15) is 0 Å². The first-order valence-corrected chi connectivity index (χ1v) is 5.87. The fourth-order valence-corrected chi connectivity index (χ4v) is 2.13. The van der Waals surface area contributed by atoms with E-state index in [0.717, 1.165) is 11.8 Å². The van der Waals surface area contributed by atoms with Crippen molar-refractivity contribution in [2.24, 2.45) is 11.8 Å². The molecule has 0 amide bonds. The van der Waals surface area contributed by atoms with E-state index in [4.69, 9.17) is 0 Å². The summed E-state index contributed by atoms with van der Waals surface area (Å²) in [6.45, 7) is 11.3. The van der Waals surface area contributed by atoms with E-state index in [2.05, 4.69) is 25.8 Å². The third-order valence-corrected chi connectivity index (χ3v) is 2.53. The predicted octanol–water partition coefficient (Wildman–Crippen LogP) is 3.40. The largest absolute Gasteiger partial charge is 0.306 e. The van der Waals surface area contributed by atoms with Gasteiger partial charge >= 0.3 is 0 Å². The highest BCUT2D eigenvalue weighted by Gasteiger charge is 2.17. The molecule has 1 heteroatoms. The Morgan fingerprint density at radius 2 is 1.92 bits per heavy atom. The van der Waals surface area contributed by atoms with Gasteiger partial charge in [-0.3, -0.25) is 0 Å². The molecule has 1 atom stereocenters. The van der Waals surface area contributed by atoms with Crippen molar-refractivity contribution in [3.63, 3.8) is 0 Å². The third kappa shape index (κ3) is 6.09. The zero-order valence-electron chi connectivity index (χ0n) is 10.1. The SMILES string of the molecule is CC.CC(C)C[C@H]1CCCN(C)C1. The Morgan fingerprint density at radius 1 is 1.31 bits per heavy atom. The van der Waals surface area contributed by atoms with Gasteiger partial charge in [-0.25, -0.2) is 0 Å². The first-order valence-electron chi connectivity index (χ1n) is 5.87. The molecule has 1 fully saturated rings. The minimum Gasteiger partial charge on any atom is -0.306 e. The molecular formula is C12H27N. The normalized spacial score (nSPS) is 24.0. The molecule has 0 unspecified atom stereocenters. The van der Waals surface area contributed by atoms with Crippen molar-refractivity contribution in [3.05, 3.63) is 0 Å². The lowest BCUT2D eigenvalue weighted by atomic mass is 9.90. The van der Waals surface area contributed by atoms with Crippen LogP contribution in [0.1, 0.15) is 47.0 Å². The molecule has 0 aromatic rings. The van der Waals surface area contributed by atoms with Gasteiger partial charge in [-0.05, 0) is 44.7 Å². The van der Waals surface area contributed by atoms with Gasteiger partial charge in [-0.1, -0.05) is 27.7 Å². The average molecular weight is 185 g/mol. The maximum atomic E-state index is 2.47. The lowest BCUT2D eigenvalue weighted by Crippen LogP contribution is -2.32. The van der Waals surface area contributed by atoms with E-state index in [-0.39, 0.29) is 0 Å². The van der Waals surface area contributed by atoms with Gasteiger partial charge in [-0.15, -0.1) is 0 Å². The van der Waals surface area contributed by atoms with Crippen LogP contribution in [0.25, 0.3) is 0 Å². The highest BCUT2D eigenvalue weighted by Crippen LogP contribution is 2.21. The molecule has 0 N–H and O–H groups in total. The topological polar surface area (TPSA) is 3.24 Å². The molecule has 1 aliphatic rings. The predicted molar refractivity (Wildman–Crippen MR) is 61.0 cm³/mol. The zero-order chi connectivity index (χ0) is 10.3. The molecule has 1 rings (SSSR count). The molecule has 0 radical (unpaired) electrons. The molecule has 1 heterocycles. The van der Waals surface area contributed by atoms with Gasteiger partial charge in [0.25, 0.3) is 0 Å². The average Bonchev–Trinajstić information content (AvgIpc) is 2.06. The molecular weight excluding hydrogens is 158 g/mol. The number of piperidine rings is 1. The fraction of sp³-hybridized carbons (Fsp3) is 1.00. The summed E-state index contributed by atoms with van der Waals surface area (Å²) in [5.41, 5.74) is 0. The maximum Gasteiger partial charge on any atom is 0.000671 e. The van der Waals surface area contributed by atoms with E-state index >= 15 is 0 Å². The molecule has 0 bridgehead atoms. The quantitative estimate of drug-likeness (QED) is 0.637. The van der Waals surface area contributed by atoms with Gasteiger partial charge in [-0.2, -0.15) is 0 Å². The van der Waals surface area contributed by atoms with Crippen LogP contribution in [0.5, 0.6) is 0 Å². The van der Waals surface area contributed by atoms with Crippen LogP contribution in [0, 0.1) is 11.8 Å². The molecule has 1 saturated heterocycles. The molecule has 0 spiro atoms. The van der Waals surface area contributed by atoms with Gasteiger partial charge in [0, 0.05) is 6.54 Å². The van der Waals surface area contributed by atoms with E-state index in [9.17, 15) is 0 Å². The number of hydrogen-bond donors (Lipinski definition) is 0. The maximum absolute atomic E-state index is 2.47. The minimum atomic E-state index is 0.881. The first kappa shape index (κ1) is 13.0. The van der Waals surface area contributed by atoms with Crippen LogP contribution in [0.3, 0.4) is 0 Å². The van der Waals surface area contributed by atoms with Crippen LogP contribution in [0.4, 0.5) is 0 Å². The summed E-state index contributed by atoms with van der Waals surface area (Å²) in [6.07, 6.45) is 4.29. The lowest BCUT2D eigenvalue weighted by Gasteiger charge is -2.30. The highest BCUT2D eigenvalue weighted by atomic mass is 15.1. The Bertz CT molecular complexity index is 108. The number of rotatable bonds is 2. The highest BCUT2D eigenvalue weighted by molar-refractivity contribution is 4.71. The smallest absolute Gasteiger partial charge is 0.000671 e. The van der Waals surface area contributed by atoms with Crippen LogP contribution < -0.4 is 0 Å². The van der Waals surface area contributed by atoms with Gasteiger partial charge in [0.15, 0.2) is 0 Å². The molecule has 0 saturated carbocycles. The van der Waals surface area contributed by atoms with Gasteiger partial charge < -0.3 is 4.90 Å². The van der Waals surface area contributed by atoms with Crippen LogP contribution in [-0.4, -0.2) is 25.0 Å². The van der Waals surface area contributed by atoms with E-state index in [1.165, 1.54) is 32.4 Å². The third-order valence-electron chi connectivity index (χ3n) is 2.53. The summed E-state index contributed by atoms with van der Waals surface area (Å²) in [5.74, 6) is 1.86. The van der Waals surface area contributed by atoms with Crippen LogP contribution in [-0.2, 0) is 0 Å². The van der Waals surface area contributed by atoms with Crippen molar-refractivity contribution in [1.82, 2.24) is 4.90 Å². The van der Waals surface area contributed by atoms with Crippen molar-refractivity contribution in [2.45, 2.75) is 47.0 Å². The van der Waals surface area contributed by atoms with Crippen molar-refractivity contribution >= 4 is 0 Å². The van der Waals surface area contributed by atoms with Crippen molar-refractivity contribution < 1.29 is 0 Å². The van der Waals surface area contributed by atoms with Crippen molar-refractivity contribution in [1.29, 1.82) is 0 Å². The van der Waals surface area contributed by atoms with Crippen molar-refractivity contribution in [2.75, 3.05) is 20.1 Å². The molecule has 1 aliphatic heterocycles. The Morgan fingerprint density at radius 3 is 2.38 bits per heavy atom. The van der Waals surface area contributed by atoms with E-state index in [1.807, 2.05) is 13.8 Å². The van der Waals surface area contributed by atoms with Crippen molar-refractivity contribution in [3.8, 4) is 0 Å². The summed E-state index contributed by atoms with van der Waals surface area (Å²) in [5, 5.41) is 0. The first-order chi connectivity index (χ1) is 6.18. The second-order valence-electron chi connectivity index (χ2n) is 4.40. The summed E-state index contributed by atoms with van der Waals surface area (Å²) in [7, 11) is 2.24. The molecule has 0 aromatic carbocycles. The van der Waals surface area contributed by atoms with Crippen LogP contribution >= 0.6 is 0 Å². The standard InChI is InChI=1S/C10H21N.C2H6/c1-9(2)7-10-5-4-6-11(3)8-10;1-2/h9-10H,4-8H2,1-3H3;1-2H3/t10-;/m1./s1. The monoisotopic (exact) mass is 185 g/mol. The Labute approximate surface area is 84.5 Å². The minimum absolute atomic E-state index is 0.881. The number of hydrogen-bond acceptors (Lipinski definition) is 1.